The van der Waals surface area contributed by atoms with E-state index in [1.54, 1.807) is 12.1 Å². The first-order valence-corrected chi connectivity index (χ1v) is 9.43. The van der Waals surface area contributed by atoms with E-state index in [1.807, 2.05) is 12.1 Å². The second-order valence-corrected chi connectivity index (χ2v) is 8.07. The summed E-state index contributed by atoms with van der Waals surface area (Å²) >= 11 is 0. The number of rotatable bonds is 5. The van der Waals surface area contributed by atoms with Crippen LogP contribution in [0, 0.1) is 5.92 Å². The molecular weight excluding hydrogens is 300 g/mol. The number of ether oxygens (including phenoxy) is 1. The number of morpholine rings is 1. The normalized spacial score (nSPS) is 21.7. The van der Waals surface area contributed by atoms with Crippen molar-refractivity contribution in [1.29, 1.82) is 0 Å². The van der Waals surface area contributed by atoms with Crippen LogP contribution in [0.15, 0.2) is 29.2 Å². The van der Waals surface area contributed by atoms with Gasteiger partial charge < -0.3 is 4.74 Å². The standard InChI is InChI=1S/C16H24N2O3S/c1-2-14-11-17(12-14)13-15-3-5-16(6-4-15)22(19,20)18-7-9-21-10-8-18/h3-6,14H,2,7-13H2,1H3. The second kappa shape index (κ2) is 6.66. The molecular formula is C16H24N2O3S. The third kappa shape index (κ3) is 3.35. The lowest BCUT2D eigenvalue weighted by molar-refractivity contribution is 0.0730. The Kier molecular flexibility index (Phi) is 4.82. The Balaban J connectivity index is 1.63. The smallest absolute Gasteiger partial charge is 0.243 e. The van der Waals surface area contributed by atoms with Gasteiger partial charge in [0, 0.05) is 32.7 Å². The molecule has 2 heterocycles. The first kappa shape index (κ1) is 15.9. The van der Waals surface area contributed by atoms with Gasteiger partial charge in [-0.1, -0.05) is 25.5 Å². The van der Waals surface area contributed by atoms with Crippen LogP contribution in [0.4, 0.5) is 0 Å². The van der Waals surface area contributed by atoms with Crippen molar-refractivity contribution in [3.05, 3.63) is 29.8 Å². The average Bonchev–Trinajstić information content (AvgIpc) is 2.52. The number of benzene rings is 1. The molecule has 0 spiro atoms. The fraction of sp³-hybridized carbons (Fsp3) is 0.625. The molecule has 0 amide bonds. The molecule has 22 heavy (non-hydrogen) atoms. The molecule has 2 saturated heterocycles. The number of nitrogens with zero attached hydrogens (tertiary/aromatic N) is 2. The Morgan fingerprint density at radius 1 is 1.14 bits per heavy atom. The van der Waals surface area contributed by atoms with E-state index in [9.17, 15) is 8.42 Å². The average molecular weight is 324 g/mol. The summed E-state index contributed by atoms with van der Waals surface area (Å²) in [5, 5.41) is 0. The van der Waals surface area contributed by atoms with Crippen molar-refractivity contribution in [1.82, 2.24) is 9.21 Å². The van der Waals surface area contributed by atoms with E-state index in [0.717, 1.165) is 25.6 Å². The molecule has 122 valence electrons. The van der Waals surface area contributed by atoms with Gasteiger partial charge in [0.1, 0.15) is 0 Å². The molecule has 0 saturated carbocycles. The van der Waals surface area contributed by atoms with Crippen molar-refractivity contribution in [2.45, 2.75) is 24.8 Å². The molecule has 6 heteroatoms. The van der Waals surface area contributed by atoms with Gasteiger partial charge in [-0.2, -0.15) is 4.31 Å². The number of hydrogen-bond donors (Lipinski definition) is 0. The zero-order valence-corrected chi connectivity index (χ0v) is 13.9. The van der Waals surface area contributed by atoms with Gasteiger partial charge in [-0.25, -0.2) is 8.42 Å². The molecule has 0 aliphatic carbocycles. The van der Waals surface area contributed by atoms with E-state index in [4.69, 9.17) is 4.74 Å². The van der Waals surface area contributed by atoms with Crippen molar-refractivity contribution in [3.8, 4) is 0 Å². The molecule has 1 aromatic carbocycles. The van der Waals surface area contributed by atoms with E-state index in [-0.39, 0.29) is 0 Å². The maximum atomic E-state index is 12.5. The Morgan fingerprint density at radius 3 is 2.36 bits per heavy atom. The van der Waals surface area contributed by atoms with Crippen LogP contribution in [0.1, 0.15) is 18.9 Å². The maximum Gasteiger partial charge on any atom is 0.243 e. The summed E-state index contributed by atoms with van der Waals surface area (Å²) in [5.41, 5.74) is 1.18. The van der Waals surface area contributed by atoms with Gasteiger partial charge in [0.25, 0.3) is 0 Å². The third-order valence-electron chi connectivity index (χ3n) is 4.55. The molecule has 1 aromatic rings. The quantitative estimate of drug-likeness (QED) is 0.824. The fourth-order valence-electron chi connectivity index (χ4n) is 3.03. The summed E-state index contributed by atoms with van der Waals surface area (Å²) in [6.45, 7) is 7.29. The van der Waals surface area contributed by atoms with Crippen LogP contribution in [0.3, 0.4) is 0 Å². The van der Waals surface area contributed by atoms with Crippen molar-refractivity contribution in [3.63, 3.8) is 0 Å². The Morgan fingerprint density at radius 2 is 1.77 bits per heavy atom. The van der Waals surface area contributed by atoms with Crippen molar-refractivity contribution in [2.75, 3.05) is 39.4 Å². The van der Waals surface area contributed by atoms with Crippen molar-refractivity contribution in [2.24, 2.45) is 5.92 Å². The summed E-state index contributed by atoms with van der Waals surface area (Å²) in [5.74, 6) is 0.834. The highest BCUT2D eigenvalue weighted by Gasteiger charge is 2.27. The lowest BCUT2D eigenvalue weighted by atomic mass is 9.97. The molecule has 0 radical (unpaired) electrons. The number of sulfonamides is 1. The summed E-state index contributed by atoms with van der Waals surface area (Å²) in [7, 11) is -3.37. The van der Waals surface area contributed by atoms with E-state index >= 15 is 0 Å². The minimum atomic E-state index is -3.37. The Hall–Kier alpha value is -0.950. The molecule has 2 aliphatic rings. The summed E-state index contributed by atoms with van der Waals surface area (Å²) < 4.78 is 31.8. The lowest BCUT2D eigenvalue weighted by Gasteiger charge is -2.38. The molecule has 0 atom stereocenters. The molecule has 3 rings (SSSR count). The zero-order valence-electron chi connectivity index (χ0n) is 13.1. The van der Waals surface area contributed by atoms with Crippen LogP contribution in [-0.4, -0.2) is 57.0 Å². The minimum absolute atomic E-state index is 0.383. The second-order valence-electron chi connectivity index (χ2n) is 6.13. The minimum Gasteiger partial charge on any atom is -0.379 e. The monoisotopic (exact) mass is 324 g/mol. The summed E-state index contributed by atoms with van der Waals surface area (Å²) in [6, 6.07) is 7.34. The van der Waals surface area contributed by atoms with E-state index in [2.05, 4.69) is 11.8 Å². The van der Waals surface area contributed by atoms with Gasteiger partial charge in [-0.05, 0) is 23.6 Å². The lowest BCUT2D eigenvalue weighted by Crippen LogP contribution is -2.45. The van der Waals surface area contributed by atoms with Gasteiger partial charge in [-0.15, -0.1) is 0 Å². The van der Waals surface area contributed by atoms with Crippen LogP contribution < -0.4 is 0 Å². The molecule has 5 nitrogen and oxygen atoms in total. The van der Waals surface area contributed by atoms with Crippen LogP contribution in [-0.2, 0) is 21.3 Å². The predicted octanol–water partition coefficient (Wildman–Crippen LogP) is 1.55. The van der Waals surface area contributed by atoms with Gasteiger partial charge in [0.15, 0.2) is 0 Å². The Bertz CT molecular complexity index is 588. The SMILES string of the molecule is CCC1CN(Cc2ccc(S(=O)(=O)N3CCOCC3)cc2)C1. The predicted molar refractivity (Wildman–Crippen MR) is 85.1 cm³/mol. The van der Waals surface area contributed by atoms with Crippen molar-refractivity contribution >= 4 is 10.0 Å². The maximum absolute atomic E-state index is 12.5. The van der Waals surface area contributed by atoms with Crippen LogP contribution in [0.2, 0.25) is 0 Å². The fourth-order valence-corrected chi connectivity index (χ4v) is 4.43. The molecule has 0 N–H and O–H groups in total. The zero-order chi connectivity index (χ0) is 15.6. The van der Waals surface area contributed by atoms with Gasteiger partial charge in [-0.3, -0.25) is 4.90 Å². The molecule has 0 unspecified atom stereocenters. The van der Waals surface area contributed by atoms with Crippen molar-refractivity contribution < 1.29 is 13.2 Å². The van der Waals surface area contributed by atoms with E-state index in [1.165, 1.54) is 16.3 Å². The highest BCUT2D eigenvalue weighted by Crippen LogP contribution is 2.22. The number of likely N-dealkylation sites (tertiary alicyclic amines) is 1. The van der Waals surface area contributed by atoms with Crippen LogP contribution >= 0.6 is 0 Å². The number of hydrogen-bond acceptors (Lipinski definition) is 4. The molecule has 2 aliphatic heterocycles. The van der Waals surface area contributed by atoms with E-state index < -0.39 is 10.0 Å². The molecule has 2 fully saturated rings. The summed E-state index contributed by atoms with van der Waals surface area (Å²) in [6.07, 6.45) is 1.24. The van der Waals surface area contributed by atoms with Gasteiger partial charge in [0.2, 0.25) is 10.0 Å². The van der Waals surface area contributed by atoms with Crippen LogP contribution in [0.25, 0.3) is 0 Å². The highest BCUT2D eigenvalue weighted by molar-refractivity contribution is 7.89. The molecule has 0 aromatic heterocycles. The van der Waals surface area contributed by atoms with Gasteiger partial charge >= 0.3 is 0 Å². The topological polar surface area (TPSA) is 49.9 Å². The Labute approximate surface area is 132 Å². The largest absolute Gasteiger partial charge is 0.379 e. The van der Waals surface area contributed by atoms with Crippen LogP contribution in [0.5, 0.6) is 0 Å². The summed E-state index contributed by atoms with van der Waals surface area (Å²) in [4.78, 5) is 2.79. The third-order valence-corrected chi connectivity index (χ3v) is 6.46. The first-order valence-electron chi connectivity index (χ1n) is 7.99. The van der Waals surface area contributed by atoms with E-state index in [0.29, 0.717) is 31.2 Å². The first-order chi connectivity index (χ1) is 10.6. The molecule has 0 bridgehead atoms. The van der Waals surface area contributed by atoms with Gasteiger partial charge in [0.05, 0.1) is 18.1 Å². The highest BCUT2D eigenvalue weighted by atomic mass is 32.2.